The maximum atomic E-state index is 13.4. The highest BCUT2D eigenvalue weighted by Gasteiger charge is 2.18. The Kier molecular flexibility index (Phi) is 4.96. The number of nitro groups is 1. The van der Waals surface area contributed by atoms with E-state index in [-0.39, 0.29) is 11.6 Å². The van der Waals surface area contributed by atoms with Gasteiger partial charge in [0.05, 0.1) is 17.2 Å². The number of nitro benzene ring substituents is 1. The van der Waals surface area contributed by atoms with Gasteiger partial charge in [-0.1, -0.05) is 6.92 Å². The Balaban J connectivity index is 2.82. The zero-order valence-corrected chi connectivity index (χ0v) is 10.1. The highest BCUT2D eigenvalue weighted by Crippen LogP contribution is 2.25. The molecule has 0 spiro atoms. The second kappa shape index (κ2) is 6.25. The summed E-state index contributed by atoms with van der Waals surface area (Å²) in [5.74, 6) is -1.95. The molecule has 1 rings (SSSR count). The molecule has 0 aliphatic heterocycles. The summed E-state index contributed by atoms with van der Waals surface area (Å²) in [7, 11) is 1.54. The average Bonchev–Trinajstić information content (AvgIpc) is 2.27. The van der Waals surface area contributed by atoms with Crippen molar-refractivity contribution in [3.8, 4) is 0 Å². The number of nitrogens with zero attached hydrogens (tertiary/aromatic N) is 1. The lowest BCUT2D eigenvalue weighted by Crippen LogP contribution is -2.16. The molecule has 0 heterocycles. The molecule has 0 fully saturated rings. The molecule has 18 heavy (non-hydrogen) atoms. The number of ether oxygens (including phenoxy) is 1. The van der Waals surface area contributed by atoms with E-state index < -0.39 is 22.2 Å². The second-order valence-electron chi connectivity index (χ2n) is 3.98. The van der Waals surface area contributed by atoms with Crippen molar-refractivity contribution < 1.29 is 18.4 Å². The molecule has 0 amide bonds. The number of anilines is 1. The minimum Gasteiger partial charge on any atom is -0.384 e. The van der Waals surface area contributed by atoms with Crippen LogP contribution in [0.5, 0.6) is 0 Å². The number of rotatable bonds is 6. The summed E-state index contributed by atoms with van der Waals surface area (Å²) in [6, 6.07) is 1.35. The fourth-order valence-electron chi connectivity index (χ4n) is 1.44. The van der Waals surface area contributed by atoms with Crippen LogP contribution in [0.25, 0.3) is 0 Å². The Morgan fingerprint density at radius 1 is 1.44 bits per heavy atom. The van der Waals surface area contributed by atoms with Crippen LogP contribution in [0, 0.1) is 27.7 Å². The highest BCUT2D eigenvalue weighted by molar-refractivity contribution is 5.53. The third-order valence-corrected chi connectivity index (χ3v) is 2.33. The number of halogens is 2. The maximum absolute atomic E-state index is 13.4. The maximum Gasteiger partial charge on any atom is 0.307 e. The molecule has 1 aromatic rings. The van der Waals surface area contributed by atoms with Crippen LogP contribution in [-0.4, -0.2) is 25.2 Å². The Hall–Kier alpha value is -1.76. The molecule has 1 aromatic carbocycles. The van der Waals surface area contributed by atoms with Crippen LogP contribution in [0.2, 0.25) is 0 Å². The average molecular weight is 260 g/mol. The van der Waals surface area contributed by atoms with E-state index in [2.05, 4.69) is 5.32 Å². The minimum atomic E-state index is -1.19. The van der Waals surface area contributed by atoms with Crippen molar-refractivity contribution in [2.24, 2.45) is 5.92 Å². The molecule has 0 aliphatic rings. The van der Waals surface area contributed by atoms with E-state index in [0.29, 0.717) is 19.2 Å². The molecule has 100 valence electrons. The second-order valence-corrected chi connectivity index (χ2v) is 3.98. The first-order chi connectivity index (χ1) is 8.45. The predicted molar refractivity (Wildman–Crippen MR) is 62.5 cm³/mol. The predicted octanol–water partition coefficient (Wildman–Crippen LogP) is 2.57. The molecule has 1 atom stereocenters. The zero-order valence-electron chi connectivity index (χ0n) is 10.1. The first-order valence-corrected chi connectivity index (χ1v) is 5.32. The molecule has 0 saturated heterocycles. The smallest absolute Gasteiger partial charge is 0.307 e. The normalized spacial score (nSPS) is 12.2. The molecule has 0 radical (unpaired) electrons. The molecule has 0 saturated carbocycles. The van der Waals surface area contributed by atoms with E-state index >= 15 is 0 Å². The minimum absolute atomic E-state index is 0.0916. The summed E-state index contributed by atoms with van der Waals surface area (Å²) in [4.78, 5) is 9.63. The van der Waals surface area contributed by atoms with Crippen molar-refractivity contribution in [1.82, 2.24) is 0 Å². The Morgan fingerprint density at radius 3 is 2.67 bits per heavy atom. The zero-order chi connectivity index (χ0) is 13.7. The molecular weight excluding hydrogens is 246 g/mol. The lowest BCUT2D eigenvalue weighted by Gasteiger charge is -2.13. The van der Waals surface area contributed by atoms with Gasteiger partial charge in [-0.05, 0) is 5.92 Å². The van der Waals surface area contributed by atoms with Crippen molar-refractivity contribution in [3.05, 3.63) is 33.9 Å². The van der Waals surface area contributed by atoms with Gasteiger partial charge in [0.1, 0.15) is 5.82 Å². The van der Waals surface area contributed by atoms with Crippen molar-refractivity contribution in [2.75, 3.05) is 25.6 Å². The number of benzene rings is 1. The van der Waals surface area contributed by atoms with E-state index in [1.54, 1.807) is 7.11 Å². The number of nitrogens with one attached hydrogen (secondary N) is 1. The summed E-state index contributed by atoms with van der Waals surface area (Å²) in [6.45, 7) is 2.71. The monoisotopic (exact) mass is 260 g/mol. The van der Waals surface area contributed by atoms with Crippen LogP contribution in [-0.2, 0) is 4.74 Å². The van der Waals surface area contributed by atoms with E-state index in [0.717, 1.165) is 6.07 Å². The third kappa shape index (κ3) is 3.63. The van der Waals surface area contributed by atoms with Crippen LogP contribution >= 0.6 is 0 Å². The molecule has 5 nitrogen and oxygen atoms in total. The van der Waals surface area contributed by atoms with Gasteiger partial charge in [-0.25, -0.2) is 4.39 Å². The third-order valence-electron chi connectivity index (χ3n) is 2.33. The van der Waals surface area contributed by atoms with Gasteiger partial charge >= 0.3 is 5.69 Å². The van der Waals surface area contributed by atoms with Crippen LogP contribution in [0.1, 0.15) is 6.92 Å². The van der Waals surface area contributed by atoms with Crippen molar-refractivity contribution in [3.63, 3.8) is 0 Å². The van der Waals surface area contributed by atoms with Crippen LogP contribution in [0.4, 0.5) is 20.2 Å². The molecule has 0 bridgehead atoms. The Bertz CT molecular complexity index is 441. The largest absolute Gasteiger partial charge is 0.384 e. The summed E-state index contributed by atoms with van der Waals surface area (Å²) in [6.07, 6.45) is 0. The fraction of sp³-hybridized carbons (Fsp3) is 0.455. The van der Waals surface area contributed by atoms with Gasteiger partial charge < -0.3 is 10.1 Å². The summed E-state index contributed by atoms with van der Waals surface area (Å²) < 4.78 is 31.3. The molecule has 0 aromatic heterocycles. The SMILES string of the molecule is COCC(C)CNc1cc([N+](=O)[O-])c(F)cc1F. The van der Waals surface area contributed by atoms with Crippen LogP contribution in [0.15, 0.2) is 12.1 Å². The van der Waals surface area contributed by atoms with Crippen molar-refractivity contribution in [2.45, 2.75) is 6.92 Å². The van der Waals surface area contributed by atoms with Crippen molar-refractivity contribution in [1.29, 1.82) is 0 Å². The van der Waals surface area contributed by atoms with E-state index in [4.69, 9.17) is 4.74 Å². The van der Waals surface area contributed by atoms with Gasteiger partial charge in [-0.2, -0.15) is 4.39 Å². The lowest BCUT2D eigenvalue weighted by atomic mass is 10.2. The first-order valence-electron chi connectivity index (χ1n) is 5.32. The summed E-state index contributed by atoms with van der Waals surface area (Å²) >= 11 is 0. The number of methoxy groups -OCH3 is 1. The molecule has 0 aliphatic carbocycles. The van der Waals surface area contributed by atoms with Gasteiger partial charge in [0, 0.05) is 25.8 Å². The van der Waals surface area contributed by atoms with Crippen LogP contribution < -0.4 is 5.32 Å². The van der Waals surface area contributed by atoms with E-state index in [9.17, 15) is 18.9 Å². The number of hydrogen-bond donors (Lipinski definition) is 1. The summed E-state index contributed by atoms with van der Waals surface area (Å²) in [5, 5.41) is 13.2. The van der Waals surface area contributed by atoms with Gasteiger partial charge in [0.2, 0.25) is 5.82 Å². The summed E-state index contributed by atoms with van der Waals surface area (Å²) in [5.41, 5.74) is -0.843. The molecular formula is C11H14F2N2O3. The Labute approximate surface area is 103 Å². The molecule has 1 N–H and O–H groups in total. The quantitative estimate of drug-likeness (QED) is 0.630. The standard InChI is InChI=1S/C11H14F2N2O3/c1-7(6-18-2)5-14-10-4-11(15(16)17)9(13)3-8(10)12/h3-4,7,14H,5-6H2,1-2H3. The van der Waals surface area contributed by atoms with Gasteiger partial charge in [0.25, 0.3) is 0 Å². The van der Waals surface area contributed by atoms with Crippen molar-refractivity contribution >= 4 is 11.4 Å². The van der Waals surface area contributed by atoms with E-state index in [1.807, 2.05) is 6.92 Å². The highest BCUT2D eigenvalue weighted by atomic mass is 19.1. The molecule has 1 unspecified atom stereocenters. The first kappa shape index (κ1) is 14.3. The lowest BCUT2D eigenvalue weighted by molar-refractivity contribution is -0.387. The van der Waals surface area contributed by atoms with Gasteiger partial charge in [-0.3, -0.25) is 10.1 Å². The van der Waals surface area contributed by atoms with Gasteiger partial charge in [-0.15, -0.1) is 0 Å². The molecule has 7 heteroatoms. The number of hydrogen-bond acceptors (Lipinski definition) is 4. The van der Waals surface area contributed by atoms with Crippen LogP contribution in [0.3, 0.4) is 0 Å². The van der Waals surface area contributed by atoms with E-state index in [1.165, 1.54) is 0 Å². The van der Waals surface area contributed by atoms with Gasteiger partial charge in [0.15, 0.2) is 0 Å². The topological polar surface area (TPSA) is 64.4 Å². The Morgan fingerprint density at radius 2 is 2.11 bits per heavy atom. The fourth-order valence-corrected chi connectivity index (χ4v) is 1.44.